The van der Waals surface area contributed by atoms with Gasteiger partial charge in [-0.25, -0.2) is 0 Å². The average Bonchev–Trinajstić information content (AvgIpc) is 1.34. The van der Waals surface area contributed by atoms with Gasteiger partial charge < -0.3 is 40.3 Å². The van der Waals surface area contributed by atoms with Gasteiger partial charge in [-0.2, -0.15) is 0 Å². The number of nitrogens with one attached hydrogen (secondary N) is 1. The molecule has 0 aromatic carbocycles. The van der Waals surface area contributed by atoms with Crippen LogP contribution in [0.1, 0.15) is 418 Å². The van der Waals surface area contributed by atoms with E-state index in [0.29, 0.717) is 6.42 Å². The predicted molar refractivity (Wildman–Crippen MR) is 387 cm³/mol. The van der Waals surface area contributed by atoms with E-state index in [1.807, 2.05) is 6.08 Å². The van der Waals surface area contributed by atoms with Crippen molar-refractivity contribution in [2.75, 3.05) is 13.2 Å². The number of ether oxygens (including phenoxy) is 2. The summed E-state index contributed by atoms with van der Waals surface area (Å²) in [4.78, 5) is 13.2. The number of hydrogen-bond donors (Lipinski definition) is 6. The largest absolute Gasteiger partial charge is 0.394 e. The van der Waals surface area contributed by atoms with Crippen LogP contribution in [-0.2, 0) is 14.3 Å². The van der Waals surface area contributed by atoms with Gasteiger partial charge in [0.1, 0.15) is 24.4 Å². The molecule has 9 nitrogen and oxygen atoms in total. The summed E-state index contributed by atoms with van der Waals surface area (Å²) >= 11 is 0. The molecule has 0 aromatic rings. The van der Waals surface area contributed by atoms with E-state index in [4.69, 9.17) is 9.47 Å². The summed E-state index contributed by atoms with van der Waals surface area (Å²) in [6.45, 7) is 3.83. The SMILES string of the molecule is CCCCCCCCCCCCCCCCCCCCC/C=C/CC/C=C/CC/C=C/C(O)C(COC1OC(CO)C(O)C(O)C1O)NC(=O)CCCCCCCCCCCCCCCCCCCCCCCCCCCCCCCCCCCCCCCC. The first-order chi connectivity index (χ1) is 44.3. The molecule has 0 radical (unpaired) electrons. The van der Waals surface area contributed by atoms with Crippen LogP contribution in [0, 0.1) is 0 Å². The Kier molecular flexibility index (Phi) is 67.4. The maximum Gasteiger partial charge on any atom is 0.220 e. The lowest BCUT2D eigenvalue weighted by Gasteiger charge is -2.40. The molecular formula is C81H155NO8. The Labute approximate surface area is 559 Å². The minimum absolute atomic E-state index is 0.182. The summed E-state index contributed by atoms with van der Waals surface area (Å²) < 4.78 is 11.3. The number of aliphatic hydroxyl groups excluding tert-OH is 5. The molecule has 6 N–H and O–H groups in total. The molecule has 7 unspecified atom stereocenters. The highest BCUT2D eigenvalue weighted by molar-refractivity contribution is 5.76. The third-order valence-electron chi connectivity index (χ3n) is 19.4. The standard InChI is InChI=1S/C81H155NO8/c1-3-5-7-9-11-13-15-17-19-21-23-25-27-29-31-33-34-35-36-37-38-39-40-41-43-45-47-49-51-53-55-57-59-61-63-65-67-69-71-77(85)82-74(73-89-81-80(88)79(87)78(86)76(72-83)90-81)75(84)70-68-66-64-62-60-58-56-54-52-50-48-46-44-42-32-30-28-26-24-22-20-18-16-14-12-10-8-6-4-2/h52,54,60,62,68,70,74-76,78-81,83-84,86-88H,3-51,53,55-59,61,63-67,69,71-73H2,1-2H3,(H,82,85)/b54-52+,62-60+,70-68+. The monoisotopic (exact) mass is 1270 g/mol. The number of hydrogen-bond acceptors (Lipinski definition) is 8. The van der Waals surface area contributed by atoms with Gasteiger partial charge in [0.2, 0.25) is 5.91 Å². The van der Waals surface area contributed by atoms with Gasteiger partial charge in [-0.3, -0.25) is 4.79 Å². The van der Waals surface area contributed by atoms with Crippen LogP contribution in [0.5, 0.6) is 0 Å². The second-order valence-corrected chi connectivity index (χ2v) is 28.2. The second-order valence-electron chi connectivity index (χ2n) is 28.2. The normalized spacial score (nSPS) is 17.9. The number of allylic oxidation sites excluding steroid dienone is 5. The topological polar surface area (TPSA) is 149 Å². The summed E-state index contributed by atoms with van der Waals surface area (Å²) in [5.41, 5.74) is 0. The van der Waals surface area contributed by atoms with Gasteiger partial charge in [-0.05, 0) is 44.9 Å². The molecule has 1 fully saturated rings. The Morgan fingerprint density at radius 1 is 0.367 bits per heavy atom. The average molecular weight is 1270 g/mol. The summed E-state index contributed by atoms with van der Waals surface area (Å²) in [6, 6.07) is -0.829. The molecule has 0 aliphatic carbocycles. The zero-order chi connectivity index (χ0) is 64.9. The molecule has 1 heterocycles. The van der Waals surface area contributed by atoms with Crippen LogP contribution in [0.15, 0.2) is 36.5 Å². The molecule has 7 atom stereocenters. The van der Waals surface area contributed by atoms with E-state index in [2.05, 4.69) is 43.5 Å². The van der Waals surface area contributed by atoms with E-state index < -0.39 is 49.5 Å². The van der Waals surface area contributed by atoms with Crippen molar-refractivity contribution in [3.05, 3.63) is 36.5 Å². The Bertz CT molecular complexity index is 1520. The van der Waals surface area contributed by atoms with Gasteiger partial charge in [-0.15, -0.1) is 0 Å². The van der Waals surface area contributed by atoms with Gasteiger partial charge in [-0.1, -0.05) is 403 Å². The van der Waals surface area contributed by atoms with E-state index in [9.17, 15) is 30.3 Å². The van der Waals surface area contributed by atoms with E-state index in [0.717, 1.165) is 44.9 Å². The minimum Gasteiger partial charge on any atom is -0.394 e. The Morgan fingerprint density at radius 3 is 0.933 bits per heavy atom. The maximum atomic E-state index is 13.2. The van der Waals surface area contributed by atoms with Crippen molar-refractivity contribution in [2.24, 2.45) is 0 Å². The fourth-order valence-electron chi connectivity index (χ4n) is 13.2. The highest BCUT2D eigenvalue weighted by Crippen LogP contribution is 2.24. The third kappa shape index (κ3) is 57.8. The molecule has 1 saturated heterocycles. The molecule has 0 saturated carbocycles. The first-order valence-corrected chi connectivity index (χ1v) is 40.2. The van der Waals surface area contributed by atoms with E-state index in [1.165, 1.54) is 353 Å². The number of rotatable bonds is 72. The summed E-state index contributed by atoms with van der Waals surface area (Å²) in [5.74, 6) is -0.182. The van der Waals surface area contributed by atoms with E-state index >= 15 is 0 Å². The highest BCUT2D eigenvalue weighted by atomic mass is 16.7. The lowest BCUT2D eigenvalue weighted by Crippen LogP contribution is -2.60. The van der Waals surface area contributed by atoms with Crippen LogP contribution >= 0.6 is 0 Å². The molecule has 1 amide bonds. The summed E-state index contributed by atoms with van der Waals surface area (Å²) in [6.07, 6.45) is 88.9. The van der Waals surface area contributed by atoms with E-state index in [-0.39, 0.29) is 12.5 Å². The summed E-state index contributed by atoms with van der Waals surface area (Å²) in [7, 11) is 0. The molecule has 1 rings (SSSR count). The van der Waals surface area contributed by atoms with Gasteiger partial charge >= 0.3 is 0 Å². The number of carbonyl (C=O) groups is 1. The number of unbranched alkanes of at least 4 members (excludes halogenated alkanes) is 58. The molecular weight excluding hydrogens is 1110 g/mol. The van der Waals surface area contributed by atoms with Crippen LogP contribution < -0.4 is 5.32 Å². The third-order valence-corrected chi connectivity index (χ3v) is 19.4. The Balaban J connectivity index is 2.07. The molecule has 0 bridgehead atoms. The predicted octanol–water partition coefficient (Wildman–Crippen LogP) is 22.9. The van der Waals surface area contributed by atoms with Gasteiger partial charge in [0.05, 0.1) is 25.4 Å². The zero-order valence-electron chi connectivity index (χ0n) is 59.9. The fraction of sp³-hybridized carbons (Fsp3) is 0.914. The Hall–Kier alpha value is -1.59. The number of amides is 1. The molecule has 1 aliphatic rings. The van der Waals surface area contributed by atoms with Crippen molar-refractivity contribution in [1.82, 2.24) is 5.32 Å². The van der Waals surface area contributed by atoms with E-state index in [1.54, 1.807) is 6.08 Å². The van der Waals surface area contributed by atoms with Crippen molar-refractivity contribution in [3.8, 4) is 0 Å². The van der Waals surface area contributed by atoms with Crippen molar-refractivity contribution >= 4 is 5.91 Å². The first kappa shape index (κ1) is 86.4. The van der Waals surface area contributed by atoms with Crippen LogP contribution in [0.2, 0.25) is 0 Å². The van der Waals surface area contributed by atoms with Crippen LogP contribution in [0.3, 0.4) is 0 Å². The minimum atomic E-state index is -1.58. The fourth-order valence-corrected chi connectivity index (χ4v) is 13.2. The van der Waals surface area contributed by atoms with Crippen molar-refractivity contribution in [2.45, 2.75) is 461 Å². The number of aliphatic hydroxyl groups is 5. The zero-order valence-corrected chi connectivity index (χ0v) is 59.9. The Morgan fingerprint density at radius 2 is 0.633 bits per heavy atom. The van der Waals surface area contributed by atoms with Gasteiger partial charge in [0, 0.05) is 6.42 Å². The van der Waals surface area contributed by atoms with Gasteiger partial charge in [0.25, 0.3) is 0 Å². The molecule has 9 heteroatoms. The first-order valence-electron chi connectivity index (χ1n) is 40.2. The van der Waals surface area contributed by atoms with Crippen molar-refractivity contribution in [3.63, 3.8) is 0 Å². The molecule has 532 valence electrons. The molecule has 1 aliphatic heterocycles. The lowest BCUT2D eigenvalue weighted by atomic mass is 9.99. The van der Waals surface area contributed by atoms with Gasteiger partial charge in [0.15, 0.2) is 6.29 Å². The van der Waals surface area contributed by atoms with Crippen LogP contribution in [-0.4, -0.2) is 87.5 Å². The lowest BCUT2D eigenvalue weighted by molar-refractivity contribution is -0.302. The molecule has 90 heavy (non-hydrogen) atoms. The van der Waals surface area contributed by atoms with Crippen molar-refractivity contribution < 1.29 is 39.8 Å². The molecule has 0 aromatic heterocycles. The highest BCUT2D eigenvalue weighted by Gasteiger charge is 2.44. The maximum absolute atomic E-state index is 13.2. The quantitative estimate of drug-likeness (QED) is 0.0261. The molecule has 0 spiro atoms. The van der Waals surface area contributed by atoms with Crippen LogP contribution in [0.25, 0.3) is 0 Å². The smallest absolute Gasteiger partial charge is 0.220 e. The second kappa shape index (κ2) is 70.2. The summed E-state index contributed by atoms with van der Waals surface area (Å²) in [5, 5.41) is 54.8. The number of carbonyl (C=O) groups excluding carboxylic acids is 1. The van der Waals surface area contributed by atoms with Crippen molar-refractivity contribution in [1.29, 1.82) is 0 Å². The van der Waals surface area contributed by atoms with Crippen LogP contribution in [0.4, 0.5) is 0 Å².